The van der Waals surface area contributed by atoms with Crippen LogP contribution in [0, 0.1) is 0 Å². The average molecular weight is 851 g/mol. The van der Waals surface area contributed by atoms with Crippen molar-refractivity contribution in [1.29, 1.82) is 0 Å². The Kier molecular flexibility index (Phi) is 15.7. The number of aryl methyl sites for hydroxylation is 2. The lowest BCUT2D eigenvalue weighted by atomic mass is 9.98. The van der Waals surface area contributed by atoms with Gasteiger partial charge in [-0.05, 0) is 90.7 Å². The van der Waals surface area contributed by atoms with Gasteiger partial charge in [0, 0.05) is 38.0 Å². The minimum Gasteiger partial charge on any atom is -0.449 e. The highest BCUT2D eigenvalue weighted by molar-refractivity contribution is 5.80. The number of benzene rings is 7. The maximum absolute atomic E-state index is 12.2. The van der Waals surface area contributed by atoms with Gasteiger partial charge >= 0.3 is 12.2 Å². The van der Waals surface area contributed by atoms with Gasteiger partial charge in [-0.3, -0.25) is 0 Å². The molecule has 8 nitrogen and oxygen atoms in total. The van der Waals surface area contributed by atoms with Crippen molar-refractivity contribution in [3.63, 3.8) is 0 Å². The molecule has 0 atom stereocenters. The van der Waals surface area contributed by atoms with Crippen LogP contribution in [0.3, 0.4) is 0 Å². The van der Waals surface area contributed by atoms with E-state index in [9.17, 15) is 9.59 Å². The fraction of sp³-hybridized carbons (Fsp3) is 0.214. The number of ether oxygens (including phenoxy) is 2. The monoisotopic (exact) mass is 850 g/mol. The van der Waals surface area contributed by atoms with Crippen LogP contribution in [0.1, 0.15) is 81.3 Å². The highest BCUT2D eigenvalue weighted by Gasteiger charge is 2.30. The van der Waals surface area contributed by atoms with Gasteiger partial charge in [-0.15, -0.1) is 0 Å². The Morgan fingerprint density at radius 3 is 0.953 bits per heavy atom. The zero-order chi connectivity index (χ0) is 44.7. The lowest BCUT2D eigenvalue weighted by Crippen LogP contribution is -2.25. The number of carbonyl (C=O) groups excluding carboxylic acids is 2. The number of fused-ring (bicyclic) bond motifs is 6. The third kappa shape index (κ3) is 11.3. The van der Waals surface area contributed by atoms with E-state index in [4.69, 9.17) is 20.9 Å². The van der Waals surface area contributed by atoms with Gasteiger partial charge in [-0.1, -0.05) is 184 Å². The molecule has 9 rings (SSSR count). The molecule has 7 aromatic carbocycles. The molecule has 0 fully saturated rings. The topological polar surface area (TPSA) is 129 Å². The summed E-state index contributed by atoms with van der Waals surface area (Å²) >= 11 is 0. The molecule has 0 bridgehead atoms. The lowest BCUT2D eigenvalue weighted by molar-refractivity contribution is 0.141. The minimum absolute atomic E-state index is 0.0759. The fourth-order valence-electron chi connectivity index (χ4n) is 8.24. The Morgan fingerprint density at radius 2 is 0.672 bits per heavy atom. The first-order valence-electron chi connectivity index (χ1n) is 22.2. The smallest absolute Gasteiger partial charge is 0.407 e. The molecule has 2 amide bonds. The van der Waals surface area contributed by atoms with E-state index in [0.717, 1.165) is 29.5 Å². The van der Waals surface area contributed by atoms with Crippen molar-refractivity contribution in [2.75, 3.05) is 13.2 Å². The van der Waals surface area contributed by atoms with E-state index in [-0.39, 0.29) is 17.9 Å². The average Bonchev–Trinajstić information content (AvgIpc) is 3.86. The van der Waals surface area contributed by atoms with Crippen molar-refractivity contribution >= 4 is 12.2 Å². The van der Waals surface area contributed by atoms with E-state index >= 15 is 0 Å². The highest BCUT2D eigenvalue weighted by atomic mass is 16.6. The second kappa shape index (κ2) is 22.4. The molecule has 2 aliphatic rings. The quantitative estimate of drug-likeness (QED) is 0.0969. The number of rotatable bonds is 12. The first-order valence-corrected chi connectivity index (χ1v) is 22.2. The van der Waals surface area contributed by atoms with Crippen LogP contribution >= 0.6 is 0 Å². The third-order valence-electron chi connectivity index (χ3n) is 11.9. The number of carbonyl (C=O) groups is 2. The third-order valence-corrected chi connectivity index (χ3v) is 11.9. The Bertz CT molecular complexity index is 2340. The van der Waals surface area contributed by atoms with Gasteiger partial charge in [0.2, 0.25) is 0 Å². The molecule has 2 aliphatic carbocycles. The molecule has 0 saturated carbocycles. The van der Waals surface area contributed by atoms with Crippen LogP contribution in [0.5, 0.6) is 0 Å². The minimum atomic E-state index is -0.403. The number of hydrogen-bond donors (Lipinski definition) is 4. The molecule has 0 heterocycles. The van der Waals surface area contributed by atoms with Crippen molar-refractivity contribution in [3.8, 4) is 22.3 Å². The number of nitrogens with two attached hydrogens (primary N) is 2. The predicted octanol–water partition coefficient (Wildman–Crippen LogP) is 11.2. The Labute approximate surface area is 377 Å². The molecule has 6 N–H and O–H groups in total. The van der Waals surface area contributed by atoms with Crippen molar-refractivity contribution in [1.82, 2.24) is 10.6 Å². The summed E-state index contributed by atoms with van der Waals surface area (Å²) in [5.74, 6) is 0.166. The molecule has 0 unspecified atom stereocenters. The molecular formula is C56H58N4O4. The summed E-state index contributed by atoms with van der Waals surface area (Å²) in [6.07, 6.45) is 1.33. The van der Waals surface area contributed by atoms with E-state index < -0.39 is 6.09 Å². The van der Waals surface area contributed by atoms with Gasteiger partial charge in [0.15, 0.2) is 0 Å². The van der Waals surface area contributed by atoms with Gasteiger partial charge in [-0.2, -0.15) is 0 Å². The number of hydrogen-bond acceptors (Lipinski definition) is 6. The second-order valence-electron chi connectivity index (χ2n) is 15.9. The van der Waals surface area contributed by atoms with E-state index in [1.54, 1.807) is 0 Å². The predicted molar refractivity (Wildman–Crippen MR) is 258 cm³/mol. The molecule has 326 valence electrons. The number of amides is 2. The summed E-state index contributed by atoms with van der Waals surface area (Å²) in [5.41, 5.74) is 27.9. The molecule has 0 radical (unpaired) electrons. The van der Waals surface area contributed by atoms with Crippen LogP contribution in [-0.2, 0) is 48.5 Å². The van der Waals surface area contributed by atoms with Gasteiger partial charge in [-0.25, -0.2) is 9.59 Å². The fourth-order valence-corrected chi connectivity index (χ4v) is 8.24. The molecule has 0 aromatic heterocycles. The maximum atomic E-state index is 12.2. The standard InChI is InChI=1S/C24H23NO2.C23H22N2O2.C9H13N/c1-2-17-11-13-18(14-12-17)15-25-24(26)27-16-23-21-9-5-3-7-19(21)20-8-4-6-10-22(20)23;24-13-16-9-11-17(12-10-16)14-25-23(26)27-15-22-20-7-3-1-5-18(20)19-6-2-4-8-21(19)22;1-2-8-3-5-9(7-10)6-4-8/h3-14,23H,2,15-16H2,1H3,(H,25,26);1-12,22H,13-15,24H2,(H,25,26);3-6H,2,7,10H2,1H3. The van der Waals surface area contributed by atoms with Crippen molar-refractivity contribution in [2.24, 2.45) is 11.5 Å². The number of alkyl carbamates (subject to hydrolysis) is 2. The van der Waals surface area contributed by atoms with Gasteiger partial charge in [0.05, 0.1) is 0 Å². The summed E-state index contributed by atoms with van der Waals surface area (Å²) < 4.78 is 11.1. The molecule has 64 heavy (non-hydrogen) atoms. The molecular weight excluding hydrogens is 793 g/mol. The summed E-state index contributed by atoms with van der Waals surface area (Å²) in [4.78, 5) is 24.4. The summed E-state index contributed by atoms with van der Waals surface area (Å²) in [7, 11) is 0. The first-order chi connectivity index (χ1) is 31.4. The Hall–Kier alpha value is -7.00. The largest absolute Gasteiger partial charge is 0.449 e. The zero-order valence-corrected chi connectivity index (χ0v) is 36.8. The molecule has 0 spiro atoms. The van der Waals surface area contributed by atoms with E-state index in [0.29, 0.717) is 39.4 Å². The second-order valence-corrected chi connectivity index (χ2v) is 15.9. The summed E-state index contributed by atoms with van der Waals surface area (Å²) in [6.45, 7) is 7.01. The van der Waals surface area contributed by atoms with Gasteiger partial charge < -0.3 is 31.6 Å². The van der Waals surface area contributed by atoms with Crippen molar-refractivity contribution in [2.45, 2.75) is 64.7 Å². The van der Waals surface area contributed by atoms with Crippen LogP contribution in [0.25, 0.3) is 22.3 Å². The maximum Gasteiger partial charge on any atom is 0.407 e. The van der Waals surface area contributed by atoms with E-state index in [1.165, 1.54) is 61.2 Å². The summed E-state index contributed by atoms with van der Waals surface area (Å²) in [5, 5.41) is 5.66. The van der Waals surface area contributed by atoms with Crippen LogP contribution < -0.4 is 22.1 Å². The van der Waals surface area contributed by atoms with E-state index in [1.807, 2.05) is 72.8 Å². The zero-order valence-electron chi connectivity index (χ0n) is 36.8. The van der Waals surface area contributed by atoms with Crippen molar-refractivity contribution < 1.29 is 19.1 Å². The number of nitrogens with one attached hydrogen (secondary N) is 2. The van der Waals surface area contributed by atoms with Crippen LogP contribution in [0.4, 0.5) is 9.59 Å². The van der Waals surface area contributed by atoms with Crippen LogP contribution in [0.15, 0.2) is 170 Å². The summed E-state index contributed by atoms with van der Waals surface area (Å²) in [6, 6.07) is 57.9. The Morgan fingerprint density at radius 1 is 0.406 bits per heavy atom. The Balaban J connectivity index is 0.000000158. The van der Waals surface area contributed by atoms with E-state index in [2.05, 4.69) is 122 Å². The highest BCUT2D eigenvalue weighted by Crippen LogP contribution is 2.45. The molecule has 7 aromatic rings. The van der Waals surface area contributed by atoms with Crippen LogP contribution in [-0.4, -0.2) is 25.4 Å². The lowest BCUT2D eigenvalue weighted by Gasteiger charge is -2.14. The molecule has 8 heteroatoms. The molecule has 0 saturated heterocycles. The first kappa shape index (κ1) is 45.0. The van der Waals surface area contributed by atoms with Crippen molar-refractivity contribution in [3.05, 3.63) is 225 Å². The van der Waals surface area contributed by atoms with Crippen LogP contribution in [0.2, 0.25) is 0 Å². The SMILES string of the molecule is CCc1ccc(CN)cc1.CCc1ccc(CNC(=O)OCC2c3ccccc3-c3ccccc32)cc1.NCc1ccc(CNC(=O)OCC2c3ccccc3-c3ccccc32)cc1. The normalized spacial score (nSPS) is 11.9. The van der Waals surface area contributed by atoms with Gasteiger partial charge in [0.1, 0.15) is 13.2 Å². The van der Waals surface area contributed by atoms with Gasteiger partial charge in [0.25, 0.3) is 0 Å². The molecule has 0 aliphatic heterocycles.